The minimum absolute atomic E-state index is 0.0222. The second-order valence-corrected chi connectivity index (χ2v) is 7.81. The number of amides is 1. The fourth-order valence-electron chi connectivity index (χ4n) is 3.87. The molecule has 1 saturated heterocycles. The van der Waals surface area contributed by atoms with Gasteiger partial charge >= 0.3 is 0 Å². The molecule has 0 aliphatic carbocycles. The average Bonchev–Trinajstić information content (AvgIpc) is 3.30. The number of rotatable bonds is 9. The molecule has 0 unspecified atom stereocenters. The first-order valence-corrected chi connectivity index (χ1v) is 10.8. The summed E-state index contributed by atoms with van der Waals surface area (Å²) in [5.41, 5.74) is 2.19. The second kappa shape index (κ2) is 10.2. The predicted octanol–water partition coefficient (Wildman–Crippen LogP) is 2.23. The highest BCUT2D eigenvalue weighted by atomic mass is 16.5. The van der Waals surface area contributed by atoms with Crippen LogP contribution in [0.3, 0.4) is 0 Å². The first-order valence-electron chi connectivity index (χ1n) is 10.8. The number of carbonyl (C=O) groups is 1. The highest BCUT2D eigenvalue weighted by molar-refractivity contribution is 5.79. The van der Waals surface area contributed by atoms with Crippen LogP contribution in [0.15, 0.2) is 59.5 Å². The van der Waals surface area contributed by atoms with E-state index in [1.165, 1.54) is 36.7 Å². The summed E-state index contributed by atoms with van der Waals surface area (Å²) >= 11 is 0. The minimum Gasteiger partial charge on any atom is -0.492 e. The number of ether oxygens (including phenoxy) is 1. The second-order valence-electron chi connectivity index (χ2n) is 7.81. The Kier molecular flexibility index (Phi) is 6.94. The number of hydrogen-bond acceptors (Lipinski definition) is 5. The highest BCUT2D eigenvalue weighted by Gasteiger charge is 2.11. The van der Waals surface area contributed by atoms with Crippen molar-refractivity contribution in [2.24, 2.45) is 0 Å². The van der Waals surface area contributed by atoms with Crippen LogP contribution < -0.4 is 15.6 Å². The van der Waals surface area contributed by atoms with Gasteiger partial charge in [-0.05, 0) is 62.2 Å². The number of likely N-dealkylation sites (tertiary alicyclic amines) is 1. The molecule has 0 spiro atoms. The largest absolute Gasteiger partial charge is 0.492 e. The van der Waals surface area contributed by atoms with Crippen molar-refractivity contribution in [1.82, 2.24) is 19.8 Å². The highest BCUT2D eigenvalue weighted by Crippen LogP contribution is 2.13. The molecule has 4 rings (SSSR count). The molecule has 2 aromatic carbocycles. The molecule has 1 aromatic heterocycles. The molecule has 7 nitrogen and oxygen atoms in total. The van der Waals surface area contributed by atoms with Crippen LogP contribution in [0.5, 0.6) is 5.75 Å². The van der Waals surface area contributed by atoms with E-state index in [-0.39, 0.29) is 18.0 Å². The van der Waals surface area contributed by atoms with E-state index in [1.807, 2.05) is 42.5 Å². The van der Waals surface area contributed by atoms with Crippen molar-refractivity contribution in [2.45, 2.75) is 25.8 Å². The lowest BCUT2D eigenvalue weighted by molar-refractivity contribution is -0.121. The predicted molar refractivity (Wildman–Crippen MR) is 120 cm³/mol. The van der Waals surface area contributed by atoms with Gasteiger partial charge in [0.15, 0.2) is 0 Å². The van der Waals surface area contributed by atoms with Crippen molar-refractivity contribution in [1.29, 1.82) is 0 Å². The van der Waals surface area contributed by atoms with Gasteiger partial charge in [0.2, 0.25) is 5.91 Å². The Morgan fingerprint density at radius 1 is 1.06 bits per heavy atom. The van der Waals surface area contributed by atoms with Crippen LogP contribution in [0.1, 0.15) is 18.4 Å². The van der Waals surface area contributed by atoms with Gasteiger partial charge in [-0.1, -0.05) is 24.3 Å². The average molecular weight is 421 g/mol. The first kappa shape index (κ1) is 21.1. The van der Waals surface area contributed by atoms with Crippen LogP contribution >= 0.6 is 0 Å². The van der Waals surface area contributed by atoms with E-state index < -0.39 is 0 Å². The summed E-state index contributed by atoms with van der Waals surface area (Å²) in [5.74, 6) is 0.677. The molecule has 7 heteroatoms. The maximum absolute atomic E-state index is 12.4. The van der Waals surface area contributed by atoms with Crippen LogP contribution in [0.4, 0.5) is 0 Å². The number of nitrogens with one attached hydrogen (secondary N) is 1. The summed E-state index contributed by atoms with van der Waals surface area (Å²) in [5, 5.41) is 2.90. The number of nitrogens with zero attached hydrogens (tertiary/aromatic N) is 3. The lowest BCUT2D eigenvalue weighted by Gasteiger charge is -2.15. The van der Waals surface area contributed by atoms with Crippen LogP contribution in [-0.2, 0) is 17.8 Å². The van der Waals surface area contributed by atoms with E-state index in [1.54, 1.807) is 6.07 Å². The van der Waals surface area contributed by atoms with Crippen molar-refractivity contribution in [3.05, 3.63) is 70.6 Å². The van der Waals surface area contributed by atoms with Gasteiger partial charge in [0.1, 0.15) is 18.9 Å². The van der Waals surface area contributed by atoms with Gasteiger partial charge in [0, 0.05) is 13.1 Å². The fraction of sp³-hybridized carbons (Fsp3) is 0.375. The van der Waals surface area contributed by atoms with Crippen LogP contribution in [0.2, 0.25) is 0 Å². The molecule has 1 aliphatic rings. The molecule has 1 N–H and O–H groups in total. The number of fused-ring (bicyclic) bond motifs is 1. The number of hydrogen-bond donors (Lipinski definition) is 1. The monoisotopic (exact) mass is 420 g/mol. The smallest absolute Gasteiger partial charge is 0.269 e. The first-order chi connectivity index (χ1) is 15.2. The molecule has 0 bridgehead atoms. The minimum atomic E-state index is -0.283. The maximum Gasteiger partial charge on any atom is 0.269 e. The van der Waals surface area contributed by atoms with Gasteiger partial charge in [0.05, 0.1) is 17.2 Å². The lowest BCUT2D eigenvalue weighted by Crippen LogP contribution is -2.33. The topological polar surface area (TPSA) is 76.5 Å². The van der Waals surface area contributed by atoms with E-state index in [0.29, 0.717) is 30.6 Å². The SMILES string of the molecule is O=C(Cn1c(=O)cnc2ccccc21)NCCc1ccc(OCCN2CCCC2)cc1. The third kappa shape index (κ3) is 5.70. The Hall–Kier alpha value is -3.19. The van der Waals surface area contributed by atoms with Gasteiger partial charge in [-0.25, -0.2) is 4.98 Å². The quantitative estimate of drug-likeness (QED) is 0.575. The molecule has 1 aliphatic heterocycles. The van der Waals surface area contributed by atoms with Crippen molar-refractivity contribution in [3.63, 3.8) is 0 Å². The fourth-order valence-corrected chi connectivity index (χ4v) is 3.87. The van der Waals surface area contributed by atoms with Crippen LogP contribution in [0, 0.1) is 0 Å². The molecule has 2 heterocycles. The molecule has 1 fully saturated rings. The molecule has 3 aromatic rings. The Morgan fingerprint density at radius 2 is 1.84 bits per heavy atom. The Labute approximate surface area is 181 Å². The van der Waals surface area contributed by atoms with Gasteiger partial charge in [-0.15, -0.1) is 0 Å². The normalized spacial score (nSPS) is 14.1. The molecule has 0 radical (unpaired) electrons. The van der Waals surface area contributed by atoms with Crippen LogP contribution in [0.25, 0.3) is 11.0 Å². The summed E-state index contributed by atoms with van der Waals surface area (Å²) in [4.78, 5) is 31.1. The Balaban J connectivity index is 1.22. The molecular formula is C24H28N4O3. The molecule has 0 atom stereocenters. The van der Waals surface area contributed by atoms with Crippen molar-refractivity contribution in [2.75, 3.05) is 32.8 Å². The van der Waals surface area contributed by atoms with Gasteiger partial charge < -0.3 is 10.1 Å². The Morgan fingerprint density at radius 3 is 2.65 bits per heavy atom. The number of benzene rings is 2. The molecule has 0 saturated carbocycles. The molecule has 1 amide bonds. The third-order valence-corrected chi connectivity index (χ3v) is 5.59. The van der Waals surface area contributed by atoms with E-state index in [0.717, 1.165) is 17.9 Å². The van der Waals surface area contributed by atoms with Crippen molar-refractivity contribution < 1.29 is 9.53 Å². The van der Waals surface area contributed by atoms with E-state index >= 15 is 0 Å². The third-order valence-electron chi connectivity index (χ3n) is 5.59. The summed E-state index contributed by atoms with van der Waals surface area (Å²) in [7, 11) is 0. The number of carbonyl (C=O) groups excluding carboxylic acids is 1. The molecule has 31 heavy (non-hydrogen) atoms. The van der Waals surface area contributed by atoms with Gasteiger partial charge in [-0.2, -0.15) is 0 Å². The number of aromatic nitrogens is 2. The van der Waals surface area contributed by atoms with Crippen LogP contribution in [-0.4, -0.2) is 53.1 Å². The summed E-state index contributed by atoms with van der Waals surface area (Å²) in [6, 6.07) is 15.3. The lowest BCUT2D eigenvalue weighted by atomic mass is 10.1. The molecule has 162 valence electrons. The zero-order valence-electron chi connectivity index (χ0n) is 17.6. The van der Waals surface area contributed by atoms with Crippen molar-refractivity contribution >= 4 is 16.9 Å². The Bertz CT molecular complexity index is 1070. The summed E-state index contributed by atoms with van der Waals surface area (Å²) in [6.07, 6.45) is 4.55. The number of para-hydroxylation sites is 2. The van der Waals surface area contributed by atoms with E-state index in [4.69, 9.17) is 4.74 Å². The maximum atomic E-state index is 12.4. The summed E-state index contributed by atoms with van der Waals surface area (Å²) < 4.78 is 7.28. The van der Waals surface area contributed by atoms with Crippen molar-refractivity contribution in [3.8, 4) is 5.75 Å². The standard InChI is InChI=1S/C24H28N4O3/c29-23(18-28-22-6-2-1-5-21(22)26-17-24(28)30)25-12-11-19-7-9-20(10-8-19)31-16-15-27-13-3-4-14-27/h1-2,5-10,17H,3-4,11-16,18H2,(H,25,29). The zero-order chi connectivity index (χ0) is 21.5. The molecular weight excluding hydrogens is 392 g/mol. The summed E-state index contributed by atoms with van der Waals surface area (Å²) in [6.45, 7) is 4.53. The van der Waals surface area contributed by atoms with E-state index in [2.05, 4.69) is 15.2 Å². The van der Waals surface area contributed by atoms with Gasteiger partial charge in [0.25, 0.3) is 5.56 Å². The zero-order valence-corrected chi connectivity index (χ0v) is 17.6. The van der Waals surface area contributed by atoms with E-state index in [9.17, 15) is 9.59 Å². The van der Waals surface area contributed by atoms with Gasteiger partial charge in [-0.3, -0.25) is 19.1 Å².